The van der Waals surface area contributed by atoms with Gasteiger partial charge in [-0.3, -0.25) is 9.69 Å². The van der Waals surface area contributed by atoms with E-state index in [4.69, 9.17) is 28.6 Å². The zero-order valence-corrected chi connectivity index (χ0v) is 19.1. The van der Waals surface area contributed by atoms with Gasteiger partial charge in [0.05, 0.1) is 17.7 Å². The number of carbonyl (C=O) groups is 1. The maximum absolute atomic E-state index is 13.1. The largest absolute Gasteiger partial charge is 0.497 e. The fourth-order valence-corrected chi connectivity index (χ4v) is 5.22. The monoisotopic (exact) mass is 469 g/mol. The summed E-state index contributed by atoms with van der Waals surface area (Å²) in [5.74, 6) is 0.606. The van der Waals surface area contributed by atoms with E-state index in [0.29, 0.717) is 14.2 Å². The lowest BCUT2D eigenvalue weighted by Crippen LogP contribution is -2.27. The Morgan fingerprint density at radius 3 is 2.43 bits per heavy atom. The van der Waals surface area contributed by atoms with Gasteiger partial charge in [-0.25, -0.2) is 0 Å². The predicted molar refractivity (Wildman–Crippen MR) is 131 cm³/mol. The Kier molecular flexibility index (Phi) is 6.49. The van der Waals surface area contributed by atoms with Crippen LogP contribution in [-0.2, 0) is 4.79 Å². The van der Waals surface area contributed by atoms with Crippen LogP contribution in [0.3, 0.4) is 0 Å². The second kappa shape index (κ2) is 9.27. The summed E-state index contributed by atoms with van der Waals surface area (Å²) in [7, 11) is 1.61. The first-order valence-corrected chi connectivity index (χ1v) is 11.4. The number of hydrogen-bond acceptors (Lipinski definition) is 5. The summed E-state index contributed by atoms with van der Waals surface area (Å²) in [4.78, 5) is 17.4. The summed E-state index contributed by atoms with van der Waals surface area (Å²) >= 11 is 14.4. The van der Waals surface area contributed by atoms with Crippen LogP contribution in [0.4, 0.5) is 5.69 Å². The minimum atomic E-state index is -0.124. The predicted octanol–water partition coefficient (Wildman–Crippen LogP) is 6.91. The van der Waals surface area contributed by atoms with Crippen molar-refractivity contribution in [2.75, 3.05) is 12.0 Å². The number of amides is 1. The van der Waals surface area contributed by atoms with E-state index in [9.17, 15) is 4.79 Å². The molecule has 0 aromatic heterocycles. The van der Waals surface area contributed by atoms with Crippen LogP contribution < -0.4 is 9.64 Å². The van der Waals surface area contributed by atoms with Crippen LogP contribution in [0.25, 0.3) is 6.08 Å². The molecule has 1 amide bonds. The number of ether oxygens (including phenoxy) is 1. The first kappa shape index (κ1) is 21.0. The van der Waals surface area contributed by atoms with Crippen molar-refractivity contribution in [1.82, 2.24) is 0 Å². The molecule has 150 valence electrons. The molecular formula is C23H16ClNO2S3. The lowest BCUT2D eigenvalue weighted by atomic mass is 10.2. The molecular weight excluding hydrogens is 454 g/mol. The summed E-state index contributed by atoms with van der Waals surface area (Å²) < 4.78 is 5.70. The Hall–Kier alpha value is -2.25. The number of thioether (sulfide) groups is 1. The SMILES string of the molecule is COc1ccc(N2C(=O)C(=Cc3ccccc3Sc3ccc(Cl)cc3)SC2=S)cc1. The molecule has 0 atom stereocenters. The van der Waals surface area contributed by atoms with Crippen molar-refractivity contribution < 1.29 is 9.53 Å². The number of hydrogen-bond donors (Lipinski definition) is 0. The summed E-state index contributed by atoms with van der Waals surface area (Å²) in [6.45, 7) is 0. The maximum Gasteiger partial charge on any atom is 0.270 e. The Bertz CT molecular complexity index is 1130. The quantitative estimate of drug-likeness (QED) is 0.299. The zero-order chi connectivity index (χ0) is 21.1. The molecule has 0 N–H and O–H groups in total. The molecule has 30 heavy (non-hydrogen) atoms. The summed E-state index contributed by atoms with van der Waals surface area (Å²) in [6.07, 6.45) is 1.90. The van der Waals surface area contributed by atoms with Gasteiger partial charge in [-0.15, -0.1) is 0 Å². The highest BCUT2D eigenvalue weighted by Gasteiger charge is 2.33. The van der Waals surface area contributed by atoms with Crippen LogP contribution in [0.1, 0.15) is 5.56 Å². The number of anilines is 1. The van der Waals surface area contributed by atoms with Crippen LogP contribution in [0, 0.1) is 0 Å². The number of thiocarbonyl (C=S) groups is 1. The topological polar surface area (TPSA) is 29.5 Å². The Morgan fingerprint density at radius 2 is 1.73 bits per heavy atom. The van der Waals surface area contributed by atoms with Crippen LogP contribution in [0.15, 0.2) is 87.5 Å². The number of halogens is 1. The lowest BCUT2D eigenvalue weighted by Gasteiger charge is -2.14. The normalized spacial score (nSPS) is 15.1. The van der Waals surface area contributed by atoms with E-state index in [0.717, 1.165) is 26.8 Å². The maximum atomic E-state index is 13.1. The van der Waals surface area contributed by atoms with E-state index in [2.05, 4.69) is 0 Å². The zero-order valence-electron chi connectivity index (χ0n) is 15.9. The highest BCUT2D eigenvalue weighted by atomic mass is 35.5. The molecule has 3 nitrogen and oxygen atoms in total. The van der Waals surface area contributed by atoms with E-state index in [-0.39, 0.29) is 5.91 Å². The Balaban J connectivity index is 1.61. The Morgan fingerprint density at radius 1 is 1.03 bits per heavy atom. The average Bonchev–Trinajstić information content (AvgIpc) is 3.04. The molecule has 1 aliphatic rings. The molecule has 3 aromatic rings. The van der Waals surface area contributed by atoms with Gasteiger partial charge in [-0.2, -0.15) is 0 Å². The van der Waals surface area contributed by atoms with Crippen LogP contribution in [0.2, 0.25) is 5.02 Å². The molecule has 1 saturated heterocycles. The summed E-state index contributed by atoms with van der Waals surface area (Å²) in [5, 5.41) is 0.704. The fraction of sp³-hybridized carbons (Fsp3) is 0.0435. The second-order valence-corrected chi connectivity index (χ2v) is 9.54. The van der Waals surface area contributed by atoms with Crippen molar-refractivity contribution in [1.29, 1.82) is 0 Å². The Labute approximate surface area is 194 Å². The third-order valence-corrected chi connectivity index (χ3v) is 7.03. The molecule has 0 bridgehead atoms. The highest BCUT2D eigenvalue weighted by Crippen LogP contribution is 2.38. The van der Waals surface area contributed by atoms with E-state index in [1.165, 1.54) is 11.8 Å². The fourth-order valence-electron chi connectivity index (χ4n) is 2.89. The third-order valence-electron chi connectivity index (χ3n) is 4.37. The standard InChI is InChI=1S/C23H16ClNO2S3/c1-27-18-10-8-17(9-11-18)25-22(26)21(30-23(25)28)14-15-4-2-3-5-20(15)29-19-12-6-16(24)7-13-19/h2-14H,1H3. The molecule has 0 saturated carbocycles. The van der Waals surface area contributed by atoms with Gasteiger partial charge >= 0.3 is 0 Å². The molecule has 3 aromatic carbocycles. The van der Waals surface area contributed by atoms with Gasteiger partial charge in [-0.05, 0) is 66.2 Å². The van der Waals surface area contributed by atoms with E-state index in [1.54, 1.807) is 23.8 Å². The molecule has 4 rings (SSSR count). The number of carbonyl (C=O) groups excluding carboxylic acids is 1. The lowest BCUT2D eigenvalue weighted by molar-refractivity contribution is -0.113. The van der Waals surface area contributed by atoms with Gasteiger partial charge in [0.25, 0.3) is 5.91 Å². The first-order chi connectivity index (χ1) is 14.5. The van der Waals surface area contributed by atoms with Gasteiger partial charge in [0.2, 0.25) is 0 Å². The van der Waals surface area contributed by atoms with Crippen molar-refractivity contribution in [3.63, 3.8) is 0 Å². The average molecular weight is 470 g/mol. The minimum Gasteiger partial charge on any atom is -0.497 e. The third kappa shape index (κ3) is 4.57. The molecule has 0 spiro atoms. The van der Waals surface area contributed by atoms with Gasteiger partial charge < -0.3 is 4.74 Å². The molecule has 0 unspecified atom stereocenters. The molecule has 1 aliphatic heterocycles. The van der Waals surface area contributed by atoms with Crippen molar-refractivity contribution >= 4 is 69.3 Å². The molecule has 1 heterocycles. The number of rotatable bonds is 5. The van der Waals surface area contributed by atoms with E-state index >= 15 is 0 Å². The van der Waals surface area contributed by atoms with Gasteiger partial charge in [0.1, 0.15) is 5.75 Å². The van der Waals surface area contributed by atoms with Gasteiger partial charge in [0.15, 0.2) is 4.32 Å². The molecule has 0 aliphatic carbocycles. The second-order valence-electron chi connectivity index (χ2n) is 6.31. The summed E-state index contributed by atoms with van der Waals surface area (Å²) in [6, 6.07) is 23.0. The van der Waals surface area contributed by atoms with Crippen molar-refractivity contribution in [3.8, 4) is 5.75 Å². The molecule has 0 radical (unpaired) electrons. The molecule has 1 fully saturated rings. The van der Waals surface area contributed by atoms with Gasteiger partial charge in [0, 0.05) is 14.8 Å². The van der Waals surface area contributed by atoms with Crippen LogP contribution >= 0.6 is 47.3 Å². The van der Waals surface area contributed by atoms with Crippen molar-refractivity contribution in [3.05, 3.63) is 88.3 Å². The number of benzene rings is 3. The van der Waals surface area contributed by atoms with E-state index < -0.39 is 0 Å². The minimum absolute atomic E-state index is 0.124. The van der Waals surface area contributed by atoms with Crippen molar-refractivity contribution in [2.24, 2.45) is 0 Å². The highest BCUT2D eigenvalue weighted by molar-refractivity contribution is 8.27. The summed E-state index contributed by atoms with van der Waals surface area (Å²) in [5.41, 5.74) is 1.69. The number of methoxy groups -OCH3 is 1. The van der Waals surface area contributed by atoms with Gasteiger partial charge in [-0.1, -0.05) is 65.5 Å². The van der Waals surface area contributed by atoms with E-state index in [1.807, 2.05) is 78.9 Å². The number of nitrogens with zero attached hydrogens (tertiary/aromatic N) is 1. The first-order valence-electron chi connectivity index (χ1n) is 8.99. The molecule has 7 heteroatoms. The van der Waals surface area contributed by atoms with Crippen LogP contribution in [0.5, 0.6) is 5.75 Å². The van der Waals surface area contributed by atoms with Crippen LogP contribution in [-0.4, -0.2) is 17.3 Å². The van der Waals surface area contributed by atoms with Crippen molar-refractivity contribution in [2.45, 2.75) is 9.79 Å². The smallest absolute Gasteiger partial charge is 0.270 e.